The van der Waals surface area contributed by atoms with Gasteiger partial charge < -0.3 is 10.2 Å². The van der Waals surface area contributed by atoms with Crippen LogP contribution in [0.5, 0.6) is 0 Å². The molecule has 0 radical (unpaired) electrons. The van der Waals surface area contributed by atoms with Gasteiger partial charge in [0.05, 0.1) is 27.2 Å². The van der Waals surface area contributed by atoms with E-state index < -0.39 is 40.6 Å². The summed E-state index contributed by atoms with van der Waals surface area (Å²) in [5.74, 6) is -12.2. The van der Waals surface area contributed by atoms with Gasteiger partial charge in [0.15, 0.2) is 23.3 Å². The lowest BCUT2D eigenvalue weighted by Gasteiger charge is -2.10. The van der Waals surface area contributed by atoms with Gasteiger partial charge in [0.2, 0.25) is 5.82 Å². The molecule has 1 rings (SSSR count). The van der Waals surface area contributed by atoms with Crippen LogP contribution in [-0.2, 0) is 0 Å². The largest absolute Gasteiger partial charge is 0.346 e. The lowest BCUT2D eigenvalue weighted by atomic mass is 10.1. The van der Waals surface area contributed by atoms with Crippen molar-refractivity contribution in [3.8, 4) is 0 Å². The zero-order valence-electron chi connectivity index (χ0n) is 10.2. The van der Waals surface area contributed by atoms with Crippen LogP contribution in [-0.4, -0.2) is 33.1 Å². The molecule has 0 heterocycles. The third-order valence-electron chi connectivity index (χ3n) is 2.35. The topological polar surface area (TPSA) is 33.5 Å². The number of hydrogen-bond donors (Lipinski definition) is 2. The molecular formula is C11H12F5N2O+. The molecule has 0 atom stereocenters. The highest BCUT2D eigenvalue weighted by Gasteiger charge is 2.29. The monoisotopic (exact) mass is 283 g/mol. The summed E-state index contributed by atoms with van der Waals surface area (Å²) in [7, 11) is 3.54. The maximum Gasteiger partial charge on any atom is 0.257 e. The average Bonchev–Trinajstić information content (AvgIpc) is 2.34. The van der Waals surface area contributed by atoms with Gasteiger partial charge >= 0.3 is 0 Å². The van der Waals surface area contributed by atoms with Crippen LogP contribution in [0.25, 0.3) is 0 Å². The van der Waals surface area contributed by atoms with E-state index in [2.05, 4.69) is 5.32 Å². The number of halogens is 5. The average molecular weight is 283 g/mol. The molecule has 1 aromatic rings. The maximum absolute atomic E-state index is 13.3. The summed E-state index contributed by atoms with van der Waals surface area (Å²) in [5, 5.41) is 2.09. The van der Waals surface area contributed by atoms with Gasteiger partial charge in [-0.3, -0.25) is 4.79 Å². The molecule has 3 nitrogen and oxygen atoms in total. The molecule has 0 saturated carbocycles. The first-order valence-electron chi connectivity index (χ1n) is 5.36. The van der Waals surface area contributed by atoms with E-state index in [1.165, 1.54) is 0 Å². The molecule has 0 aromatic heterocycles. The molecule has 2 N–H and O–H groups in total. The molecule has 0 bridgehead atoms. The lowest BCUT2D eigenvalue weighted by molar-refractivity contribution is -0.856. The fourth-order valence-corrected chi connectivity index (χ4v) is 1.32. The first-order valence-corrected chi connectivity index (χ1v) is 5.36. The standard InChI is InChI=1S/C11H11F5N2O/c1-18(2)4-3-17-11(19)5-6(12)8(14)10(16)9(15)7(5)13/h3-4H2,1-2H3,(H,17,19)/p+1. The lowest BCUT2D eigenvalue weighted by Crippen LogP contribution is -3.06. The van der Waals surface area contributed by atoms with Crippen molar-refractivity contribution in [3.05, 3.63) is 34.6 Å². The van der Waals surface area contributed by atoms with Crippen molar-refractivity contribution in [1.82, 2.24) is 5.32 Å². The Morgan fingerprint density at radius 2 is 1.37 bits per heavy atom. The van der Waals surface area contributed by atoms with Gasteiger partial charge in [0.1, 0.15) is 5.56 Å². The minimum absolute atomic E-state index is 0.0423. The normalized spacial score (nSPS) is 10.9. The highest BCUT2D eigenvalue weighted by Crippen LogP contribution is 2.22. The molecule has 1 aromatic carbocycles. The van der Waals surface area contributed by atoms with Gasteiger partial charge in [0.25, 0.3) is 5.91 Å². The number of benzene rings is 1. The molecule has 0 saturated heterocycles. The third kappa shape index (κ3) is 3.19. The summed E-state index contributed by atoms with van der Waals surface area (Å²) in [5.41, 5.74) is -1.47. The molecule has 0 aliphatic heterocycles. The predicted molar refractivity (Wildman–Crippen MR) is 56.2 cm³/mol. The molecule has 8 heteroatoms. The number of carbonyl (C=O) groups is 1. The van der Waals surface area contributed by atoms with E-state index in [4.69, 9.17) is 0 Å². The highest BCUT2D eigenvalue weighted by atomic mass is 19.2. The van der Waals surface area contributed by atoms with Crippen molar-refractivity contribution in [2.45, 2.75) is 0 Å². The zero-order chi connectivity index (χ0) is 14.7. The Kier molecular flexibility index (Phi) is 4.82. The minimum Gasteiger partial charge on any atom is -0.346 e. The summed E-state index contributed by atoms with van der Waals surface area (Å²) < 4.78 is 65.0. The first-order chi connectivity index (χ1) is 8.77. The molecule has 19 heavy (non-hydrogen) atoms. The molecule has 106 valence electrons. The van der Waals surface area contributed by atoms with Gasteiger partial charge in [-0.1, -0.05) is 0 Å². The van der Waals surface area contributed by atoms with E-state index in [9.17, 15) is 26.7 Å². The smallest absolute Gasteiger partial charge is 0.257 e. The summed E-state index contributed by atoms with van der Waals surface area (Å²) in [6.07, 6.45) is 0. The van der Waals surface area contributed by atoms with E-state index in [1.807, 2.05) is 0 Å². The number of rotatable bonds is 4. The van der Waals surface area contributed by atoms with Crippen LogP contribution in [0.1, 0.15) is 10.4 Å². The summed E-state index contributed by atoms with van der Waals surface area (Å²) in [6, 6.07) is 0. The quantitative estimate of drug-likeness (QED) is 0.464. The van der Waals surface area contributed by atoms with Gasteiger partial charge in [-0.25, -0.2) is 22.0 Å². The van der Waals surface area contributed by atoms with Gasteiger partial charge in [-0.2, -0.15) is 0 Å². The van der Waals surface area contributed by atoms with E-state index in [0.29, 0.717) is 6.54 Å². The predicted octanol–water partition coefficient (Wildman–Crippen LogP) is 0.256. The van der Waals surface area contributed by atoms with Crippen LogP contribution in [0.3, 0.4) is 0 Å². The fraction of sp³-hybridized carbons (Fsp3) is 0.364. The Hall–Kier alpha value is -1.70. The number of hydrogen-bond acceptors (Lipinski definition) is 1. The Bertz CT molecular complexity index is 475. The number of nitrogens with one attached hydrogen (secondary N) is 2. The number of likely N-dealkylation sites (N-methyl/N-ethyl adjacent to an activating group) is 1. The zero-order valence-corrected chi connectivity index (χ0v) is 10.2. The number of carbonyl (C=O) groups excluding carboxylic acids is 1. The molecule has 1 amide bonds. The first kappa shape index (κ1) is 15.4. The fourth-order valence-electron chi connectivity index (χ4n) is 1.32. The summed E-state index contributed by atoms with van der Waals surface area (Å²) >= 11 is 0. The van der Waals surface area contributed by atoms with Crippen molar-refractivity contribution in [2.75, 3.05) is 27.2 Å². The second-order valence-electron chi connectivity index (χ2n) is 4.16. The third-order valence-corrected chi connectivity index (χ3v) is 2.35. The van der Waals surface area contributed by atoms with Crippen LogP contribution in [0.4, 0.5) is 22.0 Å². The van der Waals surface area contributed by atoms with E-state index in [-0.39, 0.29) is 6.54 Å². The van der Waals surface area contributed by atoms with Gasteiger partial charge in [-0.15, -0.1) is 0 Å². The minimum atomic E-state index is -2.29. The van der Waals surface area contributed by atoms with Gasteiger partial charge in [-0.05, 0) is 0 Å². The summed E-state index contributed by atoms with van der Waals surface area (Å²) in [6.45, 7) is 0.474. The van der Waals surface area contributed by atoms with E-state index in [1.54, 1.807) is 14.1 Å². The van der Waals surface area contributed by atoms with E-state index >= 15 is 0 Å². The second-order valence-corrected chi connectivity index (χ2v) is 4.16. The molecule has 0 unspecified atom stereocenters. The summed E-state index contributed by atoms with van der Waals surface area (Å²) in [4.78, 5) is 12.4. The van der Waals surface area contributed by atoms with Crippen molar-refractivity contribution in [1.29, 1.82) is 0 Å². The Morgan fingerprint density at radius 3 is 1.79 bits per heavy atom. The highest BCUT2D eigenvalue weighted by molar-refractivity contribution is 5.94. The molecule has 0 aliphatic carbocycles. The number of quaternary nitrogens is 1. The number of amides is 1. The Balaban J connectivity index is 3.04. The van der Waals surface area contributed by atoms with Crippen LogP contribution in [0, 0.1) is 29.1 Å². The van der Waals surface area contributed by atoms with Crippen LogP contribution >= 0.6 is 0 Å². The molecular weight excluding hydrogens is 271 g/mol. The van der Waals surface area contributed by atoms with Crippen molar-refractivity contribution < 1.29 is 31.6 Å². The van der Waals surface area contributed by atoms with Crippen molar-refractivity contribution in [2.24, 2.45) is 0 Å². The van der Waals surface area contributed by atoms with Crippen LogP contribution < -0.4 is 10.2 Å². The Labute approximate surface area is 106 Å². The molecule has 0 fully saturated rings. The molecule has 0 aliphatic rings. The molecule has 0 spiro atoms. The Morgan fingerprint density at radius 1 is 0.947 bits per heavy atom. The second kappa shape index (κ2) is 5.96. The van der Waals surface area contributed by atoms with E-state index in [0.717, 1.165) is 4.90 Å². The van der Waals surface area contributed by atoms with Crippen LogP contribution in [0.2, 0.25) is 0 Å². The SMILES string of the molecule is C[NH+](C)CCNC(=O)c1c(F)c(F)c(F)c(F)c1F. The van der Waals surface area contributed by atoms with Gasteiger partial charge in [0, 0.05) is 0 Å². The van der Waals surface area contributed by atoms with Crippen molar-refractivity contribution in [3.63, 3.8) is 0 Å². The van der Waals surface area contributed by atoms with Crippen LogP contribution in [0.15, 0.2) is 0 Å². The van der Waals surface area contributed by atoms with Crippen molar-refractivity contribution >= 4 is 5.91 Å². The maximum atomic E-state index is 13.3.